The Morgan fingerprint density at radius 1 is 1.21 bits per heavy atom. The van der Waals surface area contributed by atoms with Crippen molar-refractivity contribution in [1.82, 2.24) is 34.4 Å². The number of alkyl halides is 2. The Morgan fingerprint density at radius 3 is 2.66 bits per heavy atom. The predicted molar refractivity (Wildman–Crippen MR) is 135 cm³/mol. The van der Waals surface area contributed by atoms with Crippen molar-refractivity contribution < 1.29 is 17.2 Å². The first kappa shape index (κ1) is 23.8. The molecule has 0 unspecified atom stereocenters. The quantitative estimate of drug-likeness (QED) is 0.380. The lowest BCUT2D eigenvalue weighted by molar-refractivity contribution is 0.150. The van der Waals surface area contributed by atoms with Crippen LogP contribution in [0.5, 0.6) is 0 Å². The highest BCUT2D eigenvalue weighted by molar-refractivity contribution is 7.89. The van der Waals surface area contributed by atoms with Crippen molar-refractivity contribution >= 4 is 49.1 Å². The fraction of sp³-hybridized carbons (Fsp3) is 0.435. The van der Waals surface area contributed by atoms with Crippen LogP contribution >= 0.6 is 11.3 Å². The van der Waals surface area contributed by atoms with Crippen molar-refractivity contribution in [3.8, 4) is 11.2 Å². The zero-order valence-corrected chi connectivity index (χ0v) is 21.7. The number of nitrogens with zero attached hydrogens (tertiary/aromatic N) is 8. The summed E-state index contributed by atoms with van der Waals surface area (Å²) in [5, 5.41) is 18.1. The van der Waals surface area contributed by atoms with E-state index < -0.39 is 27.0 Å². The number of sulfonamides is 1. The van der Waals surface area contributed by atoms with Crippen LogP contribution in [0.2, 0.25) is 0 Å². The van der Waals surface area contributed by atoms with Crippen molar-refractivity contribution in [3.63, 3.8) is 0 Å². The van der Waals surface area contributed by atoms with Crippen LogP contribution in [0.25, 0.3) is 27.1 Å². The largest absolute Gasteiger partial charge is 0.350 e. The molecule has 2 saturated heterocycles. The van der Waals surface area contributed by atoms with Crippen molar-refractivity contribution in [3.05, 3.63) is 29.5 Å². The number of nitriles is 1. The second-order valence-electron chi connectivity index (χ2n) is 10.1. The van der Waals surface area contributed by atoms with E-state index in [2.05, 4.69) is 41.7 Å². The molecule has 38 heavy (non-hydrogen) atoms. The first-order valence-corrected chi connectivity index (χ1v) is 14.3. The van der Waals surface area contributed by atoms with Crippen LogP contribution in [0.15, 0.2) is 29.4 Å². The van der Waals surface area contributed by atoms with Crippen LogP contribution in [-0.4, -0.2) is 75.8 Å². The molecule has 7 rings (SSSR count). The Kier molecular flexibility index (Phi) is 5.06. The Morgan fingerprint density at radius 2 is 2.03 bits per heavy atom. The van der Waals surface area contributed by atoms with E-state index in [1.54, 1.807) is 10.6 Å². The highest BCUT2D eigenvalue weighted by atomic mass is 32.2. The monoisotopic (exact) mass is 557 g/mol. The normalized spacial score (nSPS) is 22.7. The fourth-order valence-corrected chi connectivity index (χ4v) is 7.70. The predicted octanol–water partition coefficient (Wildman–Crippen LogP) is 2.59. The van der Waals surface area contributed by atoms with E-state index in [4.69, 9.17) is 0 Å². The highest BCUT2D eigenvalue weighted by Crippen LogP contribution is 2.42. The number of likely N-dealkylation sites (tertiary alicyclic amines) is 1. The van der Waals surface area contributed by atoms with Gasteiger partial charge in [-0.3, -0.25) is 9.47 Å². The molecule has 3 aromatic heterocycles. The number of hydrogen-bond donors (Lipinski definition) is 1. The molecule has 0 spiro atoms. The summed E-state index contributed by atoms with van der Waals surface area (Å²) in [7, 11) is -1.93. The zero-order chi connectivity index (χ0) is 26.4. The third kappa shape index (κ3) is 3.51. The topological polar surface area (TPSA) is 133 Å². The molecule has 4 aromatic rings. The van der Waals surface area contributed by atoms with Crippen molar-refractivity contribution in [2.75, 3.05) is 25.0 Å². The molecule has 196 valence electrons. The molecule has 15 heteroatoms. The van der Waals surface area contributed by atoms with Gasteiger partial charge in [0.2, 0.25) is 15.2 Å². The molecular weight excluding hydrogens is 536 g/mol. The Labute approximate surface area is 219 Å². The van der Waals surface area contributed by atoms with Crippen LogP contribution in [-0.2, 0) is 10.0 Å². The van der Waals surface area contributed by atoms with Gasteiger partial charge in [0.1, 0.15) is 17.7 Å². The van der Waals surface area contributed by atoms with Gasteiger partial charge in [-0.2, -0.15) is 9.98 Å². The van der Waals surface area contributed by atoms with E-state index in [-0.39, 0.29) is 16.1 Å². The van der Waals surface area contributed by atoms with Gasteiger partial charge < -0.3 is 4.90 Å². The number of nitrogens with one attached hydrogen (secondary N) is 1. The van der Waals surface area contributed by atoms with Crippen LogP contribution in [0.4, 0.5) is 14.6 Å². The lowest BCUT2D eigenvalue weighted by atomic mass is 10.2. The molecule has 5 heterocycles. The van der Waals surface area contributed by atoms with E-state index in [0.29, 0.717) is 46.6 Å². The molecule has 1 saturated carbocycles. The minimum atomic E-state index is -4.03. The average molecular weight is 558 g/mol. The van der Waals surface area contributed by atoms with Crippen molar-refractivity contribution in [1.29, 1.82) is 5.26 Å². The zero-order valence-electron chi connectivity index (χ0n) is 20.0. The summed E-state index contributed by atoms with van der Waals surface area (Å²) in [5.41, 5.74) is -0.242. The molecule has 3 aliphatic rings. The standard InChI is InChI=1S/C23H21F2N9O2S2/c1-32-8-13-6-12(32)9-33(13)19-17-15-3-2-14(38(35,36)31-23(10-26)4-5-23)7-16(15)34(20(17)28-11-27-19)22-30-29-21(37-22)18(24)25/h2-3,7,11-13,18,31H,4-6,8-9H2,1H3/t12-,13-/m1/s1. The molecule has 1 aromatic carbocycles. The second kappa shape index (κ2) is 8.09. The number of fused-ring (bicyclic) bond motifs is 5. The van der Waals surface area contributed by atoms with Gasteiger partial charge in [-0.05, 0) is 38.4 Å². The maximum Gasteiger partial charge on any atom is 0.291 e. The third-order valence-corrected chi connectivity index (χ3v) is 10.1. The van der Waals surface area contributed by atoms with E-state index in [9.17, 15) is 22.5 Å². The lowest BCUT2D eigenvalue weighted by Gasteiger charge is -2.33. The minimum Gasteiger partial charge on any atom is -0.350 e. The summed E-state index contributed by atoms with van der Waals surface area (Å²) in [6.45, 7) is 1.69. The third-order valence-electron chi connectivity index (χ3n) is 7.70. The highest BCUT2D eigenvalue weighted by Gasteiger charge is 2.47. The Hall–Kier alpha value is -3.32. The van der Waals surface area contributed by atoms with Gasteiger partial charge in [-0.25, -0.2) is 27.2 Å². The summed E-state index contributed by atoms with van der Waals surface area (Å²) >= 11 is 0.718. The second-order valence-corrected chi connectivity index (χ2v) is 12.7. The van der Waals surface area contributed by atoms with E-state index >= 15 is 0 Å². The summed E-state index contributed by atoms with van der Waals surface area (Å²) in [6, 6.07) is 7.34. The Bertz CT molecular complexity index is 1760. The molecule has 1 aliphatic carbocycles. The van der Waals surface area contributed by atoms with Gasteiger partial charge in [0, 0.05) is 30.6 Å². The fourth-order valence-electron chi connectivity index (χ4n) is 5.59. The molecule has 2 aliphatic heterocycles. The van der Waals surface area contributed by atoms with E-state index in [0.717, 1.165) is 30.8 Å². The number of hydrogen-bond acceptors (Lipinski definition) is 10. The van der Waals surface area contributed by atoms with E-state index in [1.807, 2.05) is 6.07 Å². The van der Waals surface area contributed by atoms with Crippen LogP contribution in [0.3, 0.4) is 0 Å². The lowest BCUT2D eigenvalue weighted by Crippen LogP contribution is -2.45. The van der Waals surface area contributed by atoms with E-state index in [1.165, 1.54) is 18.5 Å². The first-order chi connectivity index (χ1) is 18.2. The van der Waals surface area contributed by atoms with Crippen LogP contribution in [0, 0.1) is 11.3 Å². The molecule has 3 fully saturated rings. The summed E-state index contributed by atoms with van der Waals surface area (Å²) in [5.74, 6) is 0.716. The van der Waals surface area contributed by atoms with Crippen LogP contribution < -0.4 is 9.62 Å². The summed E-state index contributed by atoms with van der Waals surface area (Å²) in [4.78, 5) is 13.6. The Balaban J connectivity index is 1.45. The number of anilines is 1. The molecule has 0 radical (unpaired) electrons. The SMILES string of the molecule is CN1C[C@H]2C[C@@H]1CN2c1ncnc2c1c1ccc(S(=O)(=O)NC3(C#N)CC3)cc1n2-c1nnc(C(F)F)s1. The molecule has 2 atom stereocenters. The molecular formula is C23H21F2N9O2S2. The number of aromatic nitrogens is 5. The van der Waals surface area contributed by atoms with Gasteiger partial charge in [-0.1, -0.05) is 17.4 Å². The number of benzene rings is 1. The van der Waals surface area contributed by atoms with Gasteiger partial charge in [0.25, 0.3) is 6.43 Å². The van der Waals surface area contributed by atoms with Crippen molar-refractivity contribution in [2.24, 2.45) is 0 Å². The minimum absolute atomic E-state index is 0.0504. The van der Waals surface area contributed by atoms with Crippen LogP contribution in [0.1, 0.15) is 30.7 Å². The average Bonchev–Trinajstić information content (AvgIpc) is 3.28. The first-order valence-electron chi connectivity index (χ1n) is 12.0. The number of likely N-dealkylation sites (N-methyl/N-ethyl adjacent to an activating group) is 1. The summed E-state index contributed by atoms with van der Waals surface area (Å²) < 4.78 is 57.3. The number of piperazine rings is 1. The summed E-state index contributed by atoms with van der Waals surface area (Å²) in [6.07, 6.45) is 0.541. The maximum atomic E-state index is 13.4. The number of rotatable bonds is 6. The van der Waals surface area contributed by atoms with Gasteiger partial charge in [0.05, 0.1) is 21.9 Å². The van der Waals surface area contributed by atoms with Gasteiger partial charge >= 0.3 is 0 Å². The molecule has 2 bridgehead atoms. The van der Waals surface area contributed by atoms with Gasteiger partial charge in [0.15, 0.2) is 10.7 Å². The van der Waals surface area contributed by atoms with Gasteiger partial charge in [-0.15, -0.1) is 10.2 Å². The van der Waals surface area contributed by atoms with Crippen molar-refractivity contribution in [2.45, 2.75) is 48.2 Å². The molecule has 0 amide bonds. The molecule has 1 N–H and O–H groups in total. The smallest absolute Gasteiger partial charge is 0.291 e. The molecule has 11 nitrogen and oxygen atoms in total. The maximum absolute atomic E-state index is 13.4. The number of halogens is 2.